The molecule has 0 aliphatic carbocycles. The number of carbonyl (C=O) groups is 1. The maximum absolute atomic E-state index is 12.0. The number of hydrogen-bond acceptors (Lipinski definition) is 4. The SMILES string of the molecule is CNC(=O)c1ccccc1C#CCNS(=O)(=O)c1ccc(Cl)s1. The summed E-state index contributed by atoms with van der Waals surface area (Å²) in [5.41, 5.74) is 0.973. The smallest absolute Gasteiger partial charge is 0.252 e. The van der Waals surface area contributed by atoms with Crippen LogP contribution in [0.15, 0.2) is 40.6 Å². The van der Waals surface area contributed by atoms with E-state index in [2.05, 4.69) is 21.9 Å². The molecule has 0 bridgehead atoms. The number of benzene rings is 1. The molecule has 1 amide bonds. The number of amides is 1. The molecule has 0 fully saturated rings. The Morgan fingerprint density at radius 2 is 2.00 bits per heavy atom. The van der Waals surface area contributed by atoms with Crippen molar-refractivity contribution in [2.24, 2.45) is 0 Å². The van der Waals surface area contributed by atoms with Gasteiger partial charge in [0.05, 0.1) is 16.4 Å². The Kier molecular flexibility index (Phi) is 5.80. The highest BCUT2D eigenvalue weighted by atomic mass is 35.5. The third-order valence-corrected chi connectivity index (χ3v) is 5.91. The molecule has 1 aromatic heterocycles. The van der Waals surface area contributed by atoms with E-state index in [1.54, 1.807) is 24.3 Å². The van der Waals surface area contributed by atoms with Crippen LogP contribution in [0.2, 0.25) is 4.34 Å². The van der Waals surface area contributed by atoms with Crippen LogP contribution in [0.1, 0.15) is 15.9 Å². The molecule has 0 radical (unpaired) electrons. The van der Waals surface area contributed by atoms with Gasteiger partial charge in [-0.2, -0.15) is 4.72 Å². The molecule has 0 saturated heterocycles. The predicted molar refractivity (Wildman–Crippen MR) is 91.2 cm³/mol. The number of sulfonamides is 1. The number of hydrogen-bond donors (Lipinski definition) is 2. The van der Waals surface area contributed by atoms with Gasteiger partial charge in [-0.1, -0.05) is 35.6 Å². The first kappa shape index (κ1) is 17.5. The Labute approximate surface area is 143 Å². The fourth-order valence-electron chi connectivity index (χ4n) is 1.71. The Hall–Kier alpha value is -1.85. The summed E-state index contributed by atoms with van der Waals surface area (Å²) < 4.78 is 26.9. The molecule has 1 heterocycles. The monoisotopic (exact) mass is 368 g/mol. The van der Waals surface area contributed by atoms with E-state index in [9.17, 15) is 13.2 Å². The summed E-state index contributed by atoms with van der Waals surface area (Å²) in [6.07, 6.45) is 0. The fourth-order valence-corrected chi connectivity index (χ4v) is 4.16. The van der Waals surface area contributed by atoms with Gasteiger partial charge in [0, 0.05) is 12.6 Å². The van der Waals surface area contributed by atoms with Crippen molar-refractivity contribution in [1.29, 1.82) is 0 Å². The highest BCUT2D eigenvalue weighted by Gasteiger charge is 2.15. The molecule has 8 heteroatoms. The number of carbonyl (C=O) groups excluding carboxylic acids is 1. The van der Waals surface area contributed by atoms with Gasteiger partial charge in [-0.15, -0.1) is 11.3 Å². The molecule has 0 saturated carbocycles. The van der Waals surface area contributed by atoms with Gasteiger partial charge in [0.15, 0.2) is 0 Å². The third-order valence-electron chi connectivity index (χ3n) is 2.79. The van der Waals surface area contributed by atoms with Gasteiger partial charge >= 0.3 is 0 Å². The molecule has 120 valence electrons. The zero-order chi connectivity index (χ0) is 16.9. The molecule has 0 aliphatic rings. The van der Waals surface area contributed by atoms with Gasteiger partial charge in [0.2, 0.25) is 0 Å². The molecule has 23 heavy (non-hydrogen) atoms. The standard InChI is InChI=1S/C15H13ClN2O3S2/c1-17-15(19)12-7-3-2-5-11(12)6-4-10-18-23(20,21)14-9-8-13(16)22-14/h2-3,5,7-9,18H,10H2,1H3,(H,17,19). The molecule has 1 aromatic carbocycles. The number of thiophene rings is 1. The topological polar surface area (TPSA) is 75.3 Å². The average molecular weight is 369 g/mol. The Balaban J connectivity index is 2.09. The van der Waals surface area contributed by atoms with Gasteiger partial charge in [0.1, 0.15) is 4.21 Å². The molecule has 2 rings (SSSR count). The molecule has 2 aromatic rings. The summed E-state index contributed by atoms with van der Waals surface area (Å²) in [4.78, 5) is 11.7. The van der Waals surface area contributed by atoms with Crippen molar-refractivity contribution >= 4 is 38.9 Å². The lowest BCUT2D eigenvalue weighted by Crippen LogP contribution is -2.23. The van der Waals surface area contributed by atoms with Gasteiger partial charge in [-0.3, -0.25) is 4.79 Å². The van der Waals surface area contributed by atoms with Crippen LogP contribution in [0, 0.1) is 11.8 Å². The highest BCUT2D eigenvalue weighted by molar-refractivity contribution is 7.91. The van der Waals surface area contributed by atoms with Crippen LogP contribution in [-0.4, -0.2) is 27.9 Å². The third kappa shape index (κ3) is 4.56. The Morgan fingerprint density at radius 3 is 2.65 bits per heavy atom. The quantitative estimate of drug-likeness (QED) is 0.811. The van der Waals surface area contributed by atoms with Crippen molar-refractivity contribution in [3.8, 4) is 11.8 Å². The summed E-state index contributed by atoms with van der Waals surface area (Å²) in [7, 11) is -2.09. The van der Waals surface area contributed by atoms with E-state index in [4.69, 9.17) is 11.6 Å². The summed E-state index contributed by atoms with van der Waals surface area (Å²) in [6.45, 7) is -0.0695. The van der Waals surface area contributed by atoms with Gasteiger partial charge in [-0.25, -0.2) is 8.42 Å². The normalized spacial score (nSPS) is 10.7. The van der Waals surface area contributed by atoms with Gasteiger partial charge in [0.25, 0.3) is 15.9 Å². The van der Waals surface area contributed by atoms with Crippen molar-refractivity contribution in [2.75, 3.05) is 13.6 Å². The van der Waals surface area contributed by atoms with E-state index in [1.165, 1.54) is 19.2 Å². The van der Waals surface area contributed by atoms with Crippen molar-refractivity contribution in [2.45, 2.75) is 4.21 Å². The zero-order valence-electron chi connectivity index (χ0n) is 12.1. The van der Waals surface area contributed by atoms with Crippen molar-refractivity contribution in [1.82, 2.24) is 10.0 Å². The van der Waals surface area contributed by atoms with E-state index in [1.807, 2.05) is 0 Å². The fraction of sp³-hybridized carbons (Fsp3) is 0.133. The van der Waals surface area contributed by atoms with E-state index in [0.29, 0.717) is 15.5 Å². The molecular formula is C15H13ClN2O3S2. The first-order valence-corrected chi connectivity index (χ1v) is 9.17. The Morgan fingerprint density at radius 1 is 1.26 bits per heavy atom. The summed E-state index contributed by atoms with van der Waals surface area (Å²) in [6, 6.07) is 9.80. The molecular weight excluding hydrogens is 356 g/mol. The van der Waals surface area contributed by atoms with Gasteiger partial charge < -0.3 is 5.32 Å². The lowest BCUT2D eigenvalue weighted by Gasteiger charge is -2.02. The second-order valence-electron chi connectivity index (χ2n) is 4.31. The zero-order valence-corrected chi connectivity index (χ0v) is 14.5. The molecule has 5 nitrogen and oxygen atoms in total. The van der Waals surface area contributed by atoms with Crippen LogP contribution in [0.25, 0.3) is 0 Å². The van der Waals surface area contributed by atoms with Crippen LogP contribution < -0.4 is 10.0 Å². The van der Waals surface area contributed by atoms with Crippen LogP contribution in [0.5, 0.6) is 0 Å². The minimum atomic E-state index is -3.62. The van der Waals surface area contributed by atoms with Crippen LogP contribution in [0.4, 0.5) is 0 Å². The number of nitrogens with one attached hydrogen (secondary N) is 2. The van der Waals surface area contributed by atoms with E-state index >= 15 is 0 Å². The summed E-state index contributed by atoms with van der Waals surface area (Å²) in [5, 5.41) is 2.53. The molecule has 0 spiro atoms. The number of rotatable bonds is 4. The van der Waals surface area contributed by atoms with Gasteiger partial charge in [-0.05, 0) is 24.3 Å². The first-order chi connectivity index (χ1) is 10.9. The lowest BCUT2D eigenvalue weighted by atomic mass is 10.1. The average Bonchev–Trinajstić information content (AvgIpc) is 2.98. The summed E-state index contributed by atoms with van der Waals surface area (Å²) in [5.74, 6) is 5.26. The van der Waals surface area contributed by atoms with E-state index in [-0.39, 0.29) is 16.7 Å². The second-order valence-corrected chi connectivity index (χ2v) is 8.02. The number of halogens is 1. The minimum Gasteiger partial charge on any atom is -0.355 e. The maximum Gasteiger partial charge on any atom is 0.252 e. The molecule has 0 atom stereocenters. The molecule has 0 unspecified atom stereocenters. The van der Waals surface area contributed by atoms with Crippen molar-refractivity contribution in [3.05, 3.63) is 51.9 Å². The van der Waals surface area contributed by atoms with Crippen molar-refractivity contribution in [3.63, 3.8) is 0 Å². The van der Waals surface area contributed by atoms with E-state index < -0.39 is 10.0 Å². The minimum absolute atomic E-state index is 0.0695. The van der Waals surface area contributed by atoms with Crippen LogP contribution in [0.3, 0.4) is 0 Å². The summed E-state index contributed by atoms with van der Waals surface area (Å²) >= 11 is 6.70. The molecule has 2 N–H and O–H groups in total. The van der Waals surface area contributed by atoms with Crippen molar-refractivity contribution < 1.29 is 13.2 Å². The predicted octanol–water partition coefficient (Wildman–Crippen LogP) is 2.09. The lowest BCUT2D eigenvalue weighted by molar-refractivity contribution is 0.0963. The Bertz CT molecular complexity index is 879. The van der Waals surface area contributed by atoms with Crippen LogP contribution in [-0.2, 0) is 10.0 Å². The maximum atomic E-state index is 12.0. The largest absolute Gasteiger partial charge is 0.355 e. The van der Waals surface area contributed by atoms with Crippen LogP contribution >= 0.6 is 22.9 Å². The molecule has 0 aliphatic heterocycles. The first-order valence-electron chi connectivity index (χ1n) is 6.49. The second kappa shape index (κ2) is 7.62. The van der Waals surface area contributed by atoms with E-state index in [0.717, 1.165) is 11.3 Å². The highest BCUT2D eigenvalue weighted by Crippen LogP contribution is 2.25.